The normalized spacial score (nSPS) is 22.5. The van der Waals surface area contributed by atoms with E-state index >= 15 is 0 Å². The molecule has 0 spiro atoms. The predicted octanol–water partition coefficient (Wildman–Crippen LogP) is 4.02. The lowest BCUT2D eigenvalue weighted by Crippen LogP contribution is -2.41. The van der Waals surface area contributed by atoms with Crippen LogP contribution < -0.4 is 14.9 Å². The molecule has 1 aromatic carbocycles. The van der Waals surface area contributed by atoms with Gasteiger partial charge in [-0.2, -0.15) is 5.10 Å². The van der Waals surface area contributed by atoms with Crippen LogP contribution in [0.5, 0.6) is 11.5 Å². The lowest BCUT2D eigenvalue weighted by Gasteiger charge is -2.32. The van der Waals surface area contributed by atoms with Crippen molar-refractivity contribution in [3.63, 3.8) is 0 Å². The molecule has 3 aromatic rings. The summed E-state index contributed by atoms with van der Waals surface area (Å²) in [7, 11) is 1.13. The number of fused-ring (bicyclic) bond motifs is 1. The number of aromatic nitrogens is 2. The van der Waals surface area contributed by atoms with Gasteiger partial charge in [-0.25, -0.2) is 4.52 Å². The van der Waals surface area contributed by atoms with Crippen molar-refractivity contribution < 1.29 is 23.6 Å². The number of rotatable bonds is 7. The van der Waals surface area contributed by atoms with Crippen LogP contribution in [0, 0.1) is 5.92 Å². The molecule has 0 radical (unpaired) electrons. The largest absolute Gasteiger partial charge is 0.497 e. The number of hydrogen-bond acceptors (Lipinski definition) is 6. The molecule has 2 aliphatic heterocycles. The molecule has 2 aliphatic rings. The van der Waals surface area contributed by atoms with Crippen molar-refractivity contribution in [3.8, 4) is 11.5 Å². The van der Waals surface area contributed by atoms with Crippen molar-refractivity contribution in [1.29, 1.82) is 0 Å². The molecule has 9 heteroatoms. The number of amides is 1. The molecular weight excluding hydrogens is 469 g/mol. The SMILES string of the molecule is COc1ccc([C@@H](C)N2CC([C@@H](C)Oc3cc(B4OC(C)(C)C(C)(C)O4)cn4nccc34)CC2=O)cc1. The number of pyridine rings is 1. The van der Waals surface area contributed by atoms with Crippen molar-refractivity contribution >= 4 is 24.0 Å². The zero-order chi connectivity index (χ0) is 26.5. The number of benzene rings is 1. The monoisotopic (exact) mass is 505 g/mol. The first-order valence-corrected chi connectivity index (χ1v) is 12.9. The van der Waals surface area contributed by atoms with Crippen LogP contribution in [0.4, 0.5) is 0 Å². The highest BCUT2D eigenvalue weighted by molar-refractivity contribution is 6.62. The molecule has 37 heavy (non-hydrogen) atoms. The Kier molecular flexibility index (Phi) is 6.48. The third-order valence-corrected chi connectivity index (χ3v) is 8.25. The molecule has 2 fully saturated rings. The van der Waals surface area contributed by atoms with Gasteiger partial charge in [0.1, 0.15) is 23.1 Å². The minimum Gasteiger partial charge on any atom is -0.497 e. The minimum atomic E-state index is -0.523. The second kappa shape index (κ2) is 9.37. The average molecular weight is 505 g/mol. The van der Waals surface area contributed by atoms with Crippen LogP contribution in [0.3, 0.4) is 0 Å². The van der Waals surface area contributed by atoms with Crippen LogP contribution in [0.25, 0.3) is 5.52 Å². The average Bonchev–Trinajstić information content (AvgIpc) is 3.54. The van der Waals surface area contributed by atoms with Crippen molar-refractivity contribution in [2.45, 2.75) is 71.3 Å². The van der Waals surface area contributed by atoms with Gasteiger partial charge in [-0.05, 0) is 71.4 Å². The van der Waals surface area contributed by atoms with Crippen LogP contribution in [0.2, 0.25) is 0 Å². The summed E-state index contributed by atoms with van der Waals surface area (Å²) in [4.78, 5) is 14.9. The second-order valence-corrected chi connectivity index (χ2v) is 11.2. The fraction of sp³-hybridized carbons (Fsp3) is 0.500. The topological polar surface area (TPSA) is 74.5 Å². The third-order valence-electron chi connectivity index (χ3n) is 8.25. The van der Waals surface area contributed by atoms with Gasteiger partial charge in [-0.1, -0.05) is 12.1 Å². The maximum absolute atomic E-state index is 13.0. The second-order valence-electron chi connectivity index (χ2n) is 11.2. The summed E-state index contributed by atoms with van der Waals surface area (Å²) in [5.74, 6) is 1.71. The number of likely N-dealkylation sites (tertiary alicyclic amines) is 1. The Balaban J connectivity index is 1.33. The summed E-state index contributed by atoms with van der Waals surface area (Å²) >= 11 is 0. The Morgan fingerprint density at radius 1 is 1.08 bits per heavy atom. The zero-order valence-electron chi connectivity index (χ0n) is 22.7. The van der Waals surface area contributed by atoms with E-state index in [4.69, 9.17) is 18.8 Å². The first-order valence-electron chi connectivity index (χ1n) is 12.9. The van der Waals surface area contributed by atoms with Gasteiger partial charge in [0.25, 0.3) is 0 Å². The Bertz CT molecular complexity index is 1270. The number of nitrogens with zero attached hydrogens (tertiary/aromatic N) is 3. The van der Waals surface area contributed by atoms with Crippen LogP contribution in [0.15, 0.2) is 48.8 Å². The highest BCUT2D eigenvalue weighted by atomic mass is 16.7. The zero-order valence-corrected chi connectivity index (χ0v) is 22.7. The lowest BCUT2D eigenvalue weighted by molar-refractivity contribution is -0.129. The van der Waals surface area contributed by atoms with Crippen molar-refractivity contribution in [3.05, 3.63) is 54.4 Å². The van der Waals surface area contributed by atoms with Crippen molar-refractivity contribution in [2.75, 3.05) is 13.7 Å². The van der Waals surface area contributed by atoms with E-state index < -0.39 is 18.3 Å². The van der Waals surface area contributed by atoms with Gasteiger partial charge in [0.2, 0.25) is 5.91 Å². The summed E-state index contributed by atoms with van der Waals surface area (Å²) in [6.07, 6.45) is 3.95. The summed E-state index contributed by atoms with van der Waals surface area (Å²) in [6.45, 7) is 12.9. The van der Waals surface area contributed by atoms with E-state index in [1.54, 1.807) is 17.8 Å². The van der Waals surface area contributed by atoms with Crippen LogP contribution in [0.1, 0.15) is 59.6 Å². The fourth-order valence-electron chi connectivity index (χ4n) is 5.03. The molecule has 5 rings (SSSR count). The highest BCUT2D eigenvalue weighted by Crippen LogP contribution is 2.37. The van der Waals surface area contributed by atoms with Gasteiger partial charge in [0.05, 0.1) is 30.6 Å². The van der Waals surface area contributed by atoms with Gasteiger partial charge in [-0.3, -0.25) is 4.79 Å². The molecule has 3 atom stereocenters. The lowest BCUT2D eigenvalue weighted by atomic mass is 9.80. The van der Waals surface area contributed by atoms with E-state index in [1.807, 2.05) is 82.1 Å². The Morgan fingerprint density at radius 3 is 2.41 bits per heavy atom. The summed E-state index contributed by atoms with van der Waals surface area (Å²) in [6, 6.07) is 11.8. The molecule has 0 N–H and O–H groups in total. The number of carbonyl (C=O) groups excluding carboxylic acids is 1. The molecule has 2 saturated heterocycles. The standard InChI is InChI=1S/C28H36BN3O5/c1-18(20-8-10-23(34-7)11-9-20)31-16-21(14-26(31)33)19(2)35-25-15-22(17-32-24(25)12-13-30-32)29-36-27(3,4)28(5,6)37-29/h8-13,15,17-19,21H,14,16H2,1-7H3/t18-,19-,21?/m1/s1. The maximum atomic E-state index is 13.0. The Morgan fingerprint density at radius 2 is 1.76 bits per heavy atom. The Hall–Kier alpha value is -3.04. The molecule has 4 heterocycles. The Labute approximate surface area is 219 Å². The molecule has 0 aliphatic carbocycles. The summed E-state index contributed by atoms with van der Waals surface area (Å²) < 4.78 is 26.1. The van der Waals surface area contributed by atoms with Crippen LogP contribution >= 0.6 is 0 Å². The van der Waals surface area contributed by atoms with E-state index in [9.17, 15) is 4.79 Å². The van der Waals surface area contributed by atoms with Gasteiger partial charge in [0.15, 0.2) is 0 Å². The van der Waals surface area contributed by atoms with E-state index in [-0.39, 0.29) is 24.0 Å². The summed E-state index contributed by atoms with van der Waals surface area (Å²) in [5.41, 5.74) is 1.90. The van der Waals surface area contributed by atoms with Crippen molar-refractivity contribution in [2.24, 2.45) is 5.92 Å². The number of hydrogen-bond donors (Lipinski definition) is 0. The fourth-order valence-corrected chi connectivity index (χ4v) is 5.03. The quantitative estimate of drug-likeness (QED) is 0.452. The molecule has 1 unspecified atom stereocenters. The molecule has 0 saturated carbocycles. The van der Waals surface area contributed by atoms with E-state index in [0.717, 1.165) is 22.3 Å². The number of methoxy groups -OCH3 is 1. The van der Waals surface area contributed by atoms with Crippen molar-refractivity contribution in [1.82, 2.24) is 14.5 Å². The molecule has 196 valence electrons. The predicted molar refractivity (Wildman–Crippen MR) is 142 cm³/mol. The van der Waals surface area contributed by atoms with Gasteiger partial charge < -0.3 is 23.7 Å². The molecule has 1 amide bonds. The summed E-state index contributed by atoms with van der Waals surface area (Å²) in [5, 5.41) is 4.44. The number of ether oxygens (including phenoxy) is 2. The first-order chi connectivity index (χ1) is 17.5. The maximum Gasteiger partial charge on any atom is 0.496 e. The van der Waals surface area contributed by atoms with Gasteiger partial charge in [-0.15, -0.1) is 0 Å². The van der Waals surface area contributed by atoms with E-state index in [0.29, 0.717) is 18.7 Å². The van der Waals surface area contributed by atoms with E-state index in [2.05, 4.69) is 12.0 Å². The number of carbonyl (C=O) groups is 1. The molecule has 2 aromatic heterocycles. The smallest absolute Gasteiger partial charge is 0.496 e. The van der Waals surface area contributed by atoms with E-state index in [1.165, 1.54) is 0 Å². The molecule has 0 bridgehead atoms. The first kappa shape index (κ1) is 25.6. The van der Waals surface area contributed by atoms with Gasteiger partial charge >= 0.3 is 7.12 Å². The van der Waals surface area contributed by atoms with Crippen LogP contribution in [-0.2, 0) is 14.1 Å². The third kappa shape index (κ3) is 4.70. The highest BCUT2D eigenvalue weighted by Gasteiger charge is 2.52. The minimum absolute atomic E-state index is 0.0242. The van der Waals surface area contributed by atoms with Gasteiger partial charge in [0, 0.05) is 30.5 Å². The molecular formula is C28H36BN3O5. The van der Waals surface area contributed by atoms with Crippen LogP contribution in [-0.4, -0.2) is 58.5 Å². The molecule has 8 nitrogen and oxygen atoms in total.